The van der Waals surface area contributed by atoms with Gasteiger partial charge in [-0.3, -0.25) is 29.0 Å². The molecule has 108 valence electrons. The van der Waals surface area contributed by atoms with Gasteiger partial charge in [0.15, 0.2) is 0 Å². The monoisotopic (exact) mass is 282 g/mol. The lowest BCUT2D eigenvalue weighted by Gasteiger charge is -2.20. The van der Waals surface area contributed by atoms with Gasteiger partial charge in [-0.05, 0) is 0 Å². The highest BCUT2D eigenvalue weighted by Gasteiger charge is 2.24. The van der Waals surface area contributed by atoms with Crippen LogP contribution in [0.25, 0.3) is 0 Å². The molecule has 0 N–H and O–H groups in total. The predicted octanol–water partition coefficient (Wildman–Crippen LogP) is -0.969. The summed E-state index contributed by atoms with van der Waals surface area (Å²) in [5, 5.41) is 0. The third-order valence-electron chi connectivity index (χ3n) is 2.34. The molecule has 2 fully saturated rings. The summed E-state index contributed by atoms with van der Waals surface area (Å²) < 4.78 is 9.28. The largest absolute Gasteiger partial charge is 0.362 e. The second-order valence-corrected chi connectivity index (χ2v) is 3.67. The molecule has 8 nitrogen and oxygen atoms in total. The topological polar surface area (TPSA) is 93.2 Å². The number of hydrogen-bond donors (Lipinski definition) is 0. The van der Waals surface area contributed by atoms with Crippen LogP contribution in [0.15, 0.2) is 25.6 Å². The average molecular weight is 282 g/mol. The highest BCUT2D eigenvalue weighted by atomic mass is 16.5. The number of rotatable bonds is 2. The second kappa shape index (κ2) is 7.31. The fourth-order valence-electron chi connectivity index (χ4n) is 1.41. The minimum absolute atomic E-state index is 0.0300. The first kappa shape index (κ1) is 15.7. The summed E-state index contributed by atoms with van der Waals surface area (Å²) in [5.41, 5.74) is 0. The van der Waals surface area contributed by atoms with Gasteiger partial charge < -0.3 is 9.47 Å². The van der Waals surface area contributed by atoms with Crippen molar-refractivity contribution in [3.63, 3.8) is 0 Å². The number of morpholine rings is 2. The molecule has 2 heterocycles. The van der Waals surface area contributed by atoms with Gasteiger partial charge in [0.25, 0.3) is 23.6 Å². The van der Waals surface area contributed by atoms with Crippen LogP contribution < -0.4 is 0 Å². The number of amides is 4. The van der Waals surface area contributed by atoms with Crippen molar-refractivity contribution >= 4 is 23.6 Å². The van der Waals surface area contributed by atoms with Gasteiger partial charge in [0.2, 0.25) is 0 Å². The van der Waals surface area contributed by atoms with Crippen molar-refractivity contribution < 1.29 is 28.7 Å². The molecule has 20 heavy (non-hydrogen) atoms. The molecule has 2 rings (SSSR count). The molecule has 0 bridgehead atoms. The fraction of sp³-hybridized carbons (Fsp3) is 0.333. The standard InChI is InChI=1S/2C6H7NO3/c2*1-2-7-5(8)3-10-4-6(7)9/h2*2H,1,3-4H2. The molecular weight excluding hydrogens is 268 g/mol. The lowest BCUT2D eigenvalue weighted by Crippen LogP contribution is -2.42. The minimum Gasteiger partial charge on any atom is -0.362 e. The minimum atomic E-state index is -0.355. The summed E-state index contributed by atoms with van der Waals surface area (Å²) in [5.74, 6) is -1.42. The van der Waals surface area contributed by atoms with Crippen molar-refractivity contribution in [2.75, 3.05) is 26.4 Å². The Bertz CT molecular complexity index is 385. The highest BCUT2D eigenvalue weighted by Crippen LogP contribution is 2.00. The smallest absolute Gasteiger partial charge is 0.259 e. The van der Waals surface area contributed by atoms with E-state index in [1.54, 1.807) is 0 Å². The summed E-state index contributed by atoms with van der Waals surface area (Å²) >= 11 is 0. The number of imide groups is 2. The van der Waals surface area contributed by atoms with Gasteiger partial charge >= 0.3 is 0 Å². The Hall–Kier alpha value is -2.32. The first-order valence-corrected chi connectivity index (χ1v) is 5.61. The Labute approximate surface area is 115 Å². The van der Waals surface area contributed by atoms with Crippen LogP contribution in [-0.2, 0) is 28.7 Å². The Balaban J connectivity index is 0.000000200. The van der Waals surface area contributed by atoms with E-state index in [1.807, 2.05) is 0 Å². The molecule has 0 saturated carbocycles. The maximum absolute atomic E-state index is 10.7. The molecule has 0 aliphatic carbocycles. The zero-order valence-electron chi connectivity index (χ0n) is 10.7. The third-order valence-corrected chi connectivity index (χ3v) is 2.34. The molecule has 0 unspecified atom stereocenters. The Morgan fingerprint density at radius 1 is 0.700 bits per heavy atom. The van der Waals surface area contributed by atoms with Crippen LogP contribution in [0.1, 0.15) is 0 Å². The number of hydrogen-bond acceptors (Lipinski definition) is 6. The third kappa shape index (κ3) is 3.84. The van der Waals surface area contributed by atoms with Gasteiger partial charge in [-0.1, -0.05) is 13.2 Å². The fourth-order valence-corrected chi connectivity index (χ4v) is 1.41. The SMILES string of the molecule is C=CN1C(=O)COCC1=O.C=CN1C(=O)COCC1=O. The van der Waals surface area contributed by atoms with Gasteiger partial charge in [-0.25, -0.2) is 0 Å². The van der Waals surface area contributed by atoms with Crippen LogP contribution in [0, 0.1) is 0 Å². The maximum Gasteiger partial charge on any atom is 0.259 e. The number of carbonyl (C=O) groups excluding carboxylic acids is 4. The lowest BCUT2D eigenvalue weighted by molar-refractivity contribution is -0.156. The van der Waals surface area contributed by atoms with Crippen LogP contribution in [0.4, 0.5) is 0 Å². The zero-order valence-corrected chi connectivity index (χ0v) is 10.7. The predicted molar refractivity (Wildman–Crippen MR) is 65.7 cm³/mol. The first-order chi connectivity index (χ1) is 9.51. The molecule has 0 aromatic carbocycles. The van der Waals surface area contributed by atoms with E-state index in [0.29, 0.717) is 0 Å². The normalized spacial score (nSPS) is 19.4. The summed E-state index contributed by atoms with van der Waals surface area (Å²) in [6.07, 6.45) is 2.40. The van der Waals surface area contributed by atoms with Gasteiger partial charge in [-0.15, -0.1) is 0 Å². The van der Waals surface area contributed by atoms with E-state index < -0.39 is 0 Å². The Morgan fingerprint density at radius 2 is 0.950 bits per heavy atom. The van der Waals surface area contributed by atoms with E-state index in [2.05, 4.69) is 22.6 Å². The van der Waals surface area contributed by atoms with Gasteiger partial charge in [0.05, 0.1) is 0 Å². The van der Waals surface area contributed by atoms with E-state index >= 15 is 0 Å². The molecule has 0 atom stereocenters. The van der Waals surface area contributed by atoms with Crippen molar-refractivity contribution in [2.45, 2.75) is 0 Å². The van der Waals surface area contributed by atoms with Crippen LogP contribution in [0.3, 0.4) is 0 Å². The Kier molecular flexibility index (Phi) is 5.75. The summed E-state index contributed by atoms with van der Waals surface area (Å²) in [6.45, 7) is 6.51. The van der Waals surface area contributed by atoms with E-state index in [0.717, 1.165) is 9.80 Å². The molecule has 2 aliphatic rings. The molecule has 0 aromatic rings. The maximum atomic E-state index is 10.7. The molecule has 2 aliphatic heterocycles. The van der Waals surface area contributed by atoms with E-state index in [9.17, 15) is 19.2 Å². The van der Waals surface area contributed by atoms with Crippen molar-refractivity contribution in [1.29, 1.82) is 0 Å². The lowest BCUT2D eigenvalue weighted by atomic mass is 10.4. The zero-order chi connectivity index (χ0) is 15.1. The number of nitrogens with zero attached hydrogens (tertiary/aromatic N) is 2. The molecule has 4 amide bonds. The van der Waals surface area contributed by atoms with Crippen LogP contribution >= 0.6 is 0 Å². The van der Waals surface area contributed by atoms with Crippen LogP contribution in [0.5, 0.6) is 0 Å². The summed E-state index contributed by atoms with van der Waals surface area (Å²) in [7, 11) is 0. The number of ether oxygens (including phenoxy) is 2. The van der Waals surface area contributed by atoms with Crippen molar-refractivity contribution in [3.05, 3.63) is 25.6 Å². The van der Waals surface area contributed by atoms with Crippen LogP contribution in [-0.4, -0.2) is 59.9 Å². The van der Waals surface area contributed by atoms with Crippen molar-refractivity contribution in [2.24, 2.45) is 0 Å². The number of carbonyl (C=O) groups is 4. The molecule has 8 heteroatoms. The quantitative estimate of drug-likeness (QED) is 0.605. The molecule has 0 aromatic heterocycles. The van der Waals surface area contributed by atoms with E-state index in [-0.39, 0.29) is 50.1 Å². The summed E-state index contributed by atoms with van der Waals surface area (Å²) in [6, 6.07) is 0. The summed E-state index contributed by atoms with van der Waals surface area (Å²) in [4.78, 5) is 44.9. The average Bonchev–Trinajstić information content (AvgIpc) is 2.40. The van der Waals surface area contributed by atoms with Crippen molar-refractivity contribution in [1.82, 2.24) is 9.80 Å². The molecule has 0 radical (unpaired) electrons. The second-order valence-electron chi connectivity index (χ2n) is 3.67. The first-order valence-electron chi connectivity index (χ1n) is 5.61. The van der Waals surface area contributed by atoms with Gasteiger partial charge in [0, 0.05) is 12.4 Å². The van der Waals surface area contributed by atoms with Gasteiger partial charge in [-0.2, -0.15) is 0 Å². The molecule has 2 saturated heterocycles. The highest BCUT2D eigenvalue weighted by molar-refractivity contribution is 5.99. The molecular formula is C12H14N2O6. The van der Waals surface area contributed by atoms with Crippen LogP contribution in [0.2, 0.25) is 0 Å². The van der Waals surface area contributed by atoms with E-state index in [4.69, 9.17) is 0 Å². The van der Waals surface area contributed by atoms with Gasteiger partial charge in [0.1, 0.15) is 26.4 Å². The Morgan fingerprint density at radius 3 is 1.10 bits per heavy atom. The molecule has 0 spiro atoms. The van der Waals surface area contributed by atoms with Crippen molar-refractivity contribution in [3.8, 4) is 0 Å². The van der Waals surface area contributed by atoms with E-state index in [1.165, 1.54) is 12.4 Å².